The van der Waals surface area contributed by atoms with Crippen molar-refractivity contribution in [3.8, 4) is 5.75 Å². The van der Waals surface area contributed by atoms with Crippen LogP contribution in [0.25, 0.3) is 0 Å². The molecule has 0 aromatic heterocycles. The summed E-state index contributed by atoms with van der Waals surface area (Å²) in [7, 11) is -0.993. The highest BCUT2D eigenvalue weighted by Gasteiger charge is 2.58. The van der Waals surface area contributed by atoms with Crippen molar-refractivity contribution < 1.29 is 41.6 Å². The van der Waals surface area contributed by atoms with Crippen molar-refractivity contribution in [2.75, 3.05) is 26.7 Å². The number of benzene rings is 1. The summed E-state index contributed by atoms with van der Waals surface area (Å²) in [6, 6.07) is 5.00. The Morgan fingerprint density at radius 1 is 1.19 bits per heavy atom. The molecule has 0 spiro atoms. The molecule has 1 fully saturated rings. The van der Waals surface area contributed by atoms with E-state index in [4.69, 9.17) is 4.74 Å². The summed E-state index contributed by atoms with van der Waals surface area (Å²) >= 11 is 0. The first kappa shape index (κ1) is 20.8. The number of hydrogen-bond donors (Lipinski definition) is 0. The summed E-state index contributed by atoms with van der Waals surface area (Å²) in [5.41, 5.74) is -0.285. The van der Waals surface area contributed by atoms with Crippen LogP contribution in [0.2, 0.25) is 5.82 Å². The second-order valence-electron chi connectivity index (χ2n) is 5.86. The van der Waals surface area contributed by atoms with E-state index < -0.39 is 49.9 Å². The maximum Gasteiger partial charge on any atom is 0.619 e. The van der Waals surface area contributed by atoms with Crippen LogP contribution in [0.4, 0.5) is 13.2 Å². The summed E-state index contributed by atoms with van der Waals surface area (Å²) in [5, 5.41) is 0. The molecule has 0 N–H and O–H groups in total. The zero-order valence-electron chi connectivity index (χ0n) is 14.6. The van der Waals surface area contributed by atoms with Gasteiger partial charge in [0.1, 0.15) is 5.75 Å². The molecule has 0 bridgehead atoms. The molecule has 0 saturated carbocycles. The standard InChI is InChI=1S/C16H17BF3NO6/c1-3-25-11-6-4-10(5-7-11)14(24)15(16(18,19)20)17-26-12(22)8-21(2)9-13(23)27-17/h4-7,15H,3,8-9H2,1-2H3/t15-/m1/s1. The number of halogens is 3. The third-order valence-corrected chi connectivity index (χ3v) is 3.65. The van der Waals surface area contributed by atoms with Crippen molar-refractivity contribution in [2.45, 2.75) is 18.9 Å². The molecule has 1 aliphatic heterocycles. The molecule has 0 aliphatic carbocycles. The summed E-state index contributed by atoms with van der Waals surface area (Å²) < 4.78 is 55.2. The maximum atomic E-state index is 13.6. The molecule has 1 aromatic rings. The Morgan fingerprint density at radius 2 is 1.70 bits per heavy atom. The molecular formula is C16H17BF3NO6. The lowest BCUT2D eigenvalue weighted by Crippen LogP contribution is -2.49. The van der Waals surface area contributed by atoms with Crippen LogP contribution in [0.5, 0.6) is 5.75 Å². The molecule has 146 valence electrons. The van der Waals surface area contributed by atoms with Crippen LogP contribution in [0.1, 0.15) is 17.3 Å². The Hall–Kier alpha value is -2.56. The van der Waals surface area contributed by atoms with Crippen molar-refractivity contribution >= 4 is 24.8 Å². The van der Waals surface area contributed by atoms with Crippen molar-refractivity contribution in [1.29, 1.82) is 0 Å². The first-order valence-electron chi connectivity index (χ1n) is 8.03. The van der Waals surface area contributed by atoms with Gasteiger partial charge in [-0.15, -0.1) is 0 Å². The second-order valence-corrected chi connectivity index (χ2v) is 5.86. The highest BCUT2D eigenvalue weighted by Crippen LogP contribution is 2.37. The number of ether oxygens (including phenoxy) is 1. The smallest absolute Gasteiger partial charge is 0.498 e. The SMILES string of the molecule is CCOc1ccc(C(=O)[C@@H](B2OC(=O)CN(C)CC(=O)O2)C(F)(F)F)cc1. The zero-order chi connectivity index (χ0) is 20.2. The highest BCUT2D eigenvalue weighted by molar-refractivity contribution is 6.57. The number of nitrogens with zero attached hydrogens (tertiary/aromatic N) is 1. The summed E-state index contributed by atoms with van der Waals surface area (Å²) in [4.78, 5) is 37.1. The Morgan fingerprint density at radius 3 is 2.15 bits per heavy atom. The number of carbonyl (C=O) groups excluding carboxylic acids is 3. The highest BCUT2D eigenvalue weighted by atomic mass is 19.4. The third-order valence-electron chi connectivity index (χ3n) is 3.65. The minimum atomic E-state index is -5.11. The fourth-order valence-corrected chi connectivity index (χ4v) is 2.48. The first-order valence-corrected chi connectivity index (χ1v) is 8.03. The summed E-state index contributed by atoms with van der Waals surface area (Å²) in [6.45, 7) is 1.26. The van der Waals surface area contributed by atoms with Crippen LogP contribution in [0.15, 0.2) is 24.3 Å². The zero-order valence-corrected chi connectivity index (χ0v) is 14.6. The van der Waals surface area contributed by atoms with E-state index in [1.165, 1.54) is 24.1 Å². The van der Waals surface area contributed by atoms with Gasteiger partial charge in [-0.3, -0.25) is 19.3 Å². The Bertz CT molecular complexity index is 689. The van der Waals surface area contributed by atoms with Crippen LogP contribution < -0.4 is 4.74 Å². The molecular weight excluding hydrogens is 370 g/mol. The minimum absolute atomic E-state index is 0.285. The maximum absolute atomic E-state index is 13.6. The minimum Gasteiger partial charge on any atom is -0.498 e. The number of Topliss-reactive ketones (excluding diaryl/α,β-unsaturated/α-hetero) is 1. The molecule has 27 heavy (non-hydrogen) atoms. The van der Waals surface area contributed by atoms with Gasteiger partial charge >= 0.3 is 25.2 Å². The van der Waals surface area contributed by atoms with Crippen LogP contribution in [-0.4, -0.2) is 62.7 Å². The van der Waals surface area contributed by atoms with Crippen LogP contribution in [-0.2, 0) is 18.9 Å². The lowest BCUT2D eigenvalue weighted by molar-refractivity contribution is -0.150. The van der Waals surface area contributed by atoms with Crippen molar-refractivity contribution in [3.63, 3.8) is 0 Å². The third kappa shape index (κ3) is 5.46. The van der Waals surface area contributed by atoms with E-state index in [2.05, 4.69) is 9.31 Å². The number of carbonyl (C=O) groups is 3. The molecule has 11 heteroatoms. The van der Waals surface area contributed by atoms with Crippen LogP contribution in [0, 0.1) is 0 Å². The van der Waals surface area contributed by atoms with Crippen molar-refractivity contribution in [1.82, 2.24) is 4.90 Å². The number of rotatable bonds is 5. The van der Waals surface area contributed by atoms with E-state index in [1.54, 1.807) is 6.92 Å². The number of likely N-dealkylation sites (N-methyl/N-ethyl adjacent to an activating group) is 1. The van der Waals surface area contributed by atoms with Gasteiger partial charge in [0.2, 0.25) is 0 Å². The second kappa shape index (κ2) is 8.42. The van der Waals surface area contributed by atoms with E-state index in [1.807, 2.05) is 0 Å². The number of ketones is 1. The average molecular weight is 387 g/mol. The molecule has 1 aromatic carbocycles. The van der Waals surface area contributed by atoms with Gasteiger partial charge in [0.15, 0.2) is 11.6 Å². The fraction of sp³-hybridized carbons (Fsp3) is 0.438. The predicted molar refractivity (Wildman–Crippen MR) is 87.2 cm³/mol. The quantitative estimate of drug-likeness (QED) is 0.562. The van der Waals surface area contributed by atoms with Crippen LogP contribution in [0.3, 0.4) is 0 Å². The summed E-state index contributed by atoms with van der Waals surface area (Å²) in [6.07, 6.45) is -5.11. The van der Waals surface area contributed by atoms with Crippen molar-refractivity contribution in [2.24, 2.45) is 0 Å². The van der Waals surface area contributed by atoms with E-state index >= 15 is 0 Å². The Balaban J connectivity index is 2.31. The topological polar surface area (TPSA) is 82.1 Å². The molecule has 1 atom stereocenters. The molecule has 1 aliphatic rings. The largest absolute Gasteiger partial charge is 0.619 e. The van der Waals surface area contributed by atoms with E-state index in [0.717, 1.165) is 12.1 Å². The van der Waals surface area contributed by atoms with Gasteiger partial charge in [-0.05, 0) is 38.2 Å². The summed E-state index contributed by atoms with van der Waals surface area (Å²) in [5.74, 6) is -5.92. The number of alkyl halides is 3. The van der Waals surface area contributed by atoms with Gasteiger partial charge in [0, 0.05) is 5.56 Å². The van der Waals surface area contributed by atoms with Crippen molar-refractivity contribution in [3.05, 3.63) is 29.8 Å². The first-order chi connectivity index (χ1) is 12.6. The van der Waals surface area contributed by atoms with Gasteiger partial charge in [-0.1, -0.05) is 0 Å². The van der Waals surface area contributed by atoms with E-state index in [9.17, 15) is 27.6 Å². The number of hydrogen-bond acceptors (Lipinski definition) is 7. The molecule has 1 saturated heterocycles. The monoisotopic (exact) mass is 387 g/mol. The van der Waals surface area contributed by atoms with Gasteiger partial charge in [-0.2, -0.15) is 13.2 Å². The van der Waals surface area contributed by atoms with Gasteiger partial charge in [-0.25, -0.2) is 0 Å². The Kier molecular flexibility index (Phi) is 6.47. The lowest BCUT2D eigenvalue weighted by Gasteiger charge is -2.27. The van der Waals surface area contributed by atoms with Gasteiger partial charge in [0.25, 0.3) is 0 Å². The fourth-order valence-electron chi connectivity index (χ4n) is 2.48. The molecule has 0 unspecified atom stereocenters. The normalized spacial score (nSPS) is 17.4. The predicted octanol–water partition coefficient (Wildman–Crippen LogP) is 1.72. The lowest BCUT2D eigenvalue weighted by atomic mass is 9.67. The molecule has 0 radical (unpaired) electrons. The van der Waals surface area contributed by atoms with E-state index in [-0.39, 0.29) is 5.56 Å². The molecule has 0 amide bonds. The molecule has 1 heterocycles. The molecule has 7 nitrogen and oxygen atoms in total. The van der Waals surface area contributed by atoms with Crippen LogP contribution >= 0.6 is 0 Å². The average Bonchev–Trinajstić information content (AvgIpc) is 2.52. The Labute approximate surface area is 153 Å². The van der Waals surface area contributed by atoms with Gasteiger partial charge in [0.05, 0.1) is 19.7 Å². The van der Waals surface area contributed by atoms with E-state index in [0.29, 0.717) is 12.4 Å². The van der Waals surface area contributed by atoms with Gasteiger partial charge < -0.3 is 14.0 Å². The molecule has 2 rings (SSSR count).